The van der Waals surface area contributed by atoms with Gasteiger partial charge in [-0.15, -0.1) is 0 Å². The number of nitrogens with one attached hydrogen (secondary N) is 1. The van der Waals surface area contributed by atoms with E-state index in [0.717, 1.165) is 6.07 Å². The second-order valence-electron chi connectivity index (χ2n) is 4.54. The Morgan fingerprint density at radius 1 is 1.55 bits per heavy atom. The molecule has 0 aliphatic carbocycles. The van der Waals surface area contributed by atoms with E-state index in [1.165, 1.54) is 12.1 Å². The van der Waals surface area contributed by atoms with Gasteiger partial charge in [0.2, 0.25) is 5.91 Å². The fourth-order valence-corrected chi connectivity index (χ4v) is 2.11. The molecule has 0 saturated carbocycles. The number of aromatic carboxylic acids is 1. The molecule has 2 N–H and O–H groups in total. The van der Waals surface area contributed by atoms with Gasteiger partial charge in [-0.3, -0.25) is 14.9 Å². The molecular weight excluding hydrogens is 266 g/mol. The lowest BCUT2D eigenvalue weighted by Gasteiger charge is -2.13. The number of carbonyl (C=O) groups excluding carboxylic acids is 1. The molecule has 1 aliphatic heterocycles. The molecule has 2 rings (SSSR count). The van der Waals surface area contributed by atoms with Gasteiger partial charge in [-0.1, -0.05) is 0 Å². The topological polar surface area (TPSA) is 113 Å². The molecule has 106 valence electrons. The molecule has 20 heavy (non-hydrogen) atoms. The number of anilines is 1. The normalized spacial score (nSPS) is 18.1. The van der Waals surface area contributed by atoms with Crippen LogP contribution >= 0.6 is 0 Å². The Bertz CT molecular complexity index is 586. The fraction of sp³-hybridized carbons (Fsp3) is 0.333. The summed E-state index contributed by atoms with van der Waals surface area (Å²) in [6.45, 7) is 0.620. The van der Waals surface area contributed by atoms with E-state index in [-0.39, 0.29) is 5.91 Å². The summed E-state index contributed by atoms with van der Waals surface area (Å²) in [7, 11) is 1.68. The Morgan fingerprint density at radius 3 is 2.75 bits per heavy atom. The van der Waals surface area contributed by atoms with Crippen molar-refractivity contribution in [1.29, 1.82) is 0 Å². The quantitative estimate of drug-likeness (QED) is 0.626. The van der Waals surface area contributed by atoms with Crippen molar-refractivity contribution in [3.63, 3.8) is 0 Å². The third-order valence-corrected chi connectivity index (χ3v) is 3.19. The zero-order chi connectivity index (χ0) is 14.9. The average Bonchev–Trinajstić information content (AvgIpc) is 2.70. The largest absolute Gasteiger partial charge is 0.477 e. The first-order valence-corrected chi connectivity index (χ1v) is 5.93. The van der Waals surface area contributed by atoms with Crippen LogP contribution in [0, 0.1) is 10.1 Å². The molecule has 1 aliphatic rings. The van der Waals surface area contributed by atoms with Crippen molar-refractivity contribution in [2.45, 2.75) is 12.5 Å². The summed E-state index contributed by atoms with van der Waals surface area (Å²) >= 11 is 0. The highest BCUT2D eigenvalue weighted by Gasteiger charge is 2.29. The third kappa shape index (κ3) is 2.53. The standard InChI is InChI=1S/C12H13N3O5/c1-14-5-4-9(11(14)16)13-7-2-3-10(15(19)20)8(6-7)12(17)18/h2-3,6,9,13H,4-5H2,1H3,(H,17,18). The number of likely N-dealkylation sites (tertiary alicyclic amines) is 1. The predicted molar refractivity (Wildman–Crippen MR) is 69.7 cm³/mol. The smallest absolute Gasteiger partial charge is 0.342 e. The van der Waals surface area contributed by atoms with Crippen LogP contribution in [0.15, 0.2) is 18.2 Å². The highest BCUT2D eigenvalue weighted by Crippen LogP contribution is 2.24. The van der Waals surface area contributed by atoms with Crippen molar-refractivity contribution in [2.75, 3.05) is 18.9 Å². The summed E-state index contributed by atoms with van der Waals surface area (Å²) in [5.41, 5.74) is -0.502. The van der Waals surface area contributed by atoms with Gasteiger partial charge >= 0.3 is 5.97 Å². The molecule has 1 fully saturated rings. The Labute approximate surface area is 114 Å². The number of hydrogen-bond donors (Lipinski definition) is 2. The highest BCUT2D eigenvalue weighted by molar-refractivity contribution is 5.94. The van der Waals surface area contributed by atoms with E-state index in [9.17, 15) is 19.7 Å². The molecule has 1 aromatic rings. The molecule has 0 spiro atoms. The van der Waals surface area contributed by atoms with Crippen molar-refractivity contribution in [1.82, 2.24) is 4.90 Å². The summed E-state index contributed by atoms with van der Waals surface area (Å²) in [4.78, 5) is 34.3. The maximum atomic E-state index is 11.7. The molecule has 0 radical (unpaired) electrons. The summed E-state index contributed by atoms with van der Waals surface area (Å²) in [6, 6.07) is 3.26. The molecule has 1 saturated heterocycles. The zero-order valence-corrected chi connectivity index (χ0v) is 10.7. The maximum absolute atomic E-state index is 11.7. The van der Waals surface area contributed by atoms with E-state index in [1.54, 1.807) is 11.9 Å². The lowest BCUT2D eigenvalue weighted by Crippen LogP contribution is -2.31. The number of hydrogen-bond acceptors (Lipinski definition) is 5. The van der Waals surface area contributed by atoms with E-state index in [4.69, 9.17) is 5.11 Å². The van der Waals surface area contributed by atoms with Gasteiger partial charge in [-0.25, -0.2) is 4.79 Å². The van der Waals surface area contributed by atoms with Crippen LogP contribution < -0.4 is 5.32 Å². The third-order valence-electron chi connectivity index (χ3n) is 3.19. The summed E-state index contributed by atoms with van der Waals surface area (Å²) < 4.78 is 0. The fourth-order valence-electron chi connectivity index (χ4n) is 2.11. The van der Waals surface area contributed by atoms with Crippen molar-refractivity contribution < 1.29 is 19.6 Å². The number of carbonyl (C=O) groups is 2. The van der Waals surface area contributed by atoms with Crippen LogP contribution in [0.3, 0.4) is 0 Å². The van der Waals surface area contributed by atoms with E-state index in [2.05, 4.69) is 5.32 Å². The van der Waals surface area contributed by atoms with Gasteiger partial charge in [0, 0.05) is 25.3 Å². The van der Waals surface area contributed by atoms with Crippen molar-refractivity contribution in [2.24, 2.45) is 0 Å². The Hall–Kier alpha value is -2.64. The molecule has 8 heteroatoms. The lowest BCUT2D eigenvalue weighted by molar-refractivity contribution is -0.385. The molecule has 0 aromatic heterocycles. The molecule has 1 atom stereocenters. The first kappa shape index (κ1) is 13.8. The summed E-state index contributed by atoms with van der Waals surface area (Å²) in [5.74, 6) is -1.46. The van der Waals surface area contributed by atoms with Gasteiger partial charge in [0.1, 0.15) is 11.6 Å². The first-order chi connectivity index (χ1) is 9.40. The molecule has 1 amide bonds. The minimum Gasteiger partial charge on any atom is -0.477 e. The molecule has 0 bridgehead atoms. The second kappa shape index (κ2) is 5.16. The van der Waals surface area contributed by atoms with Gasteiger partial charge in [0.05, 0.1) is 4.92 Å². The minimum atomic E-state index is -1.38. The van der Waals surface area contributed by atoms with Crippen LogP contribution in [0.4, 0.5) is 11.4 Å². The van der Waals surface area contributed by atoms with Crippen molar-refractivity contribution in [3.8, 4) is 0 Å². The first-order valence-electron chi connectivity index (χ1n) is 5.93. The number of nitro groups is 1. The summed E-state index contributed by atoms with van der Waals surface area (Å²) in [5, 5.41) is 22.6. The van der Waals surface area contributed by atoms with Gasteiger partial charge in [-0.2, -0.15) is 0 Å². The SMILES string of the molecule is CN1CCC(Nc2ccc([N+](=O)[O-])c(C(=O)O)c2)C1=O. The zero-order valence-electron chi connectivity index (χ0n) is 10.7. The lowest BCUT2D eigenvalue weighted by atomic mass is 10.1. The van der Waals surface area contributed by atoms with Crippen LogP contribution in [-0.2, 0) is 4.79 Å². The Balaban J connectivity index is 2.26. The number of nitro benzene ring substituents is 1. The van der Waals surface area contributed by atoms with Crippen molar-refractivity contribution >= 4 is 23.3 Å². The number of nitrogens with zero attached hydrogens (tertiary/aromatic N) is 2. The molecular formula is C12H13N3O5. The maximum Gasteiger partial charge on any atom is 0.342 e. The second-order valence-corrected chi connectivity index (χ2v) is 4.54. The molecule has 8 nitrogen and oxygen atoms in total. The number of rotatable bonds is 4. The summed E-state index contributed by atoms with van der Waals surface area (Å²) in [6.07, 6.45) is 0.606. The number of carboxylic acids is 1. The van der Waals surface area contributed by atoms with E-state index in [1.807, 2.05) is 0 Å². The van der Waals surface area contributed by atoms with Crippen LogP contribution in [0.5, 0.6) is 0 Å². The molecule has 1 unspecified atom stereocenters. The van der Waals surface area contributed by atoms with Gasteiger partial charge in [-0.05, 0) is 18.6 Å². The minimum absolute atomic E-state index is 0.0831. The predicted octanol–water partition coefficient (Wildman–Crippen LogP) is 0.936. The monoisotopic (exact) mass is 279 g/mol. The van der Waals surface area contributed by atoms with Crippen LogP contribution in [0.25, 0.3) is 0 Å². The van der Waals surface area contributed by atoms with Crippen LogP contribution in [-0.4, -0.2) is 46.4 Å². The number of amides is 1. The highest BCUT2D eigenvalue weighted by atomic mass is 16.6. The Morgan fingerprint density at radius 2 is 2.25 bits per heavy atom. The Kier molecular flexibility index (Phi) is 3.55. The average molecular weight is 279 g/mol. The van der Waals surface area contributed by atoms with Crippen LogP contribution in [0.1, 0.15) is 16.8 Å². The number of carboxylic acid groups (broad SMARTS) is 1. The molecule has 1 aromatic carbocycles. The molecule has 1 heterocycles. The van der Waals surface area contributed by atoms with E-state index >= 15 is 0 Å². The van der Waals surface area contributed by atoms with E-state index in [0.29, 0.717) is 18.7 Å². The van der Waals surface area contributed by atoms with E-state index < -0.39 is 28.2 Å². The number of likely N-dealkylation sites (N-methyl/N-ethyl adjacent to an activating group) is 1. The van der Waals surface area contributed by atoms with Gasteiger partial charge in [0.25, 0.3) is 5.69 Å². The van der Waals surface area contributed by atoms with Gasteiger partial charge in [0.15, 0.2) is 0 Å². The van der Waals surface area contributed by atoms with Crippen molar-refractivity contribution in [3.05, 3.63) is 33.9 Å². The number of benzene rings is 1. The van der Waals surface area contributed by atoms with Gasteiger partial charge < -0.3 is 15.3 Å². The van der Waals surface area contributed by atoms with Crippen LogP contribution in [0.2, 0.25) is 0 Å².